The van der Waals surface area contributed by atoms with E-state index in [-0.39, 0.29) is 35.7 Å². The van der Waals surface area contributed by atoms with Crippen LogP contribution < -0.4 is 10.1 Å². The average molecular weight is 387 g/mol. The fraction of sp³-hybridized carbons (Fsp3) is 0.619. The van der Waals surface area contributed by atoms with Crippen LogP contribution in [0.25, 0.3) is 0 Å². The zero-order valence-electron chi connectivity index (χ0n) is 16.9. The molecular weight excluding hydrogens is 358 g/mol. The maximum absolute atomic E-state index is 12.3. The molecule has 7 nitrogen and oxygen atoms in total. The van der Waals surface area contributed by atoms with E-state index in [1.54, 1.807) is 0 Å². The van der Waals surface area contributed by atoms with Gasteiger partial charge in [-0.3, -0.25) is 14.5 Å². The molecule has 0 bridgehead atoms. The Balaban J connectivity index is 1.33. The van der Waals surface area contributed by atoms with Crippen molar-refractivity contribution in [2.24, 2.45) is 0 Å². The first kappa shape index (κ1) is 19.2. The van der Waals surface area contributed by atoms with Crippen LogP contribution in [0.3, 0.4) is 0 Å². The lowest BCUT2D eigenvalue weighted by Gasteiger charge is -2.31. The molecule has 0 aromatic heterocycles. The highest BCUT2D eigenvalue weighted by molar-refractivity contribution is 5.81. The Labute approximate surface area is 166 Å². The summed E-state index contributed by atoms with van der Waals surface area (Å²) in [6.07, 6.45) is 1.43. The zero-order valence-corrected chi connectivity index (χ0v) is 16.9. The molecule has 4 rings (SSSR count). The summed E-state index contributed by atoms with van der Waals surface area (Å²) in [6, 6.07) is 7.96. The van der Waals surface area contributed by atoms with Crippen molar-refractivity contribution in [1.29, 1.82) is 0 Å². The predicted octanol–water partition coefficient (Wildman–Crippen LogP) is 1.51. The molecule has 1 aromatic rings. The quantitative estimate of drug-likeness (QED) is 0.829. The second-order valence-corrected chi connectivity index (χ2v) is 8.91. The van der Waals surface area contributed by atoms with Crippen molar-refractivity contribution in [3.05, 3.63) is 29.8 Å². The first-order chi connectivity index (χ1) is 13.3. The maximum atomic E-state index is 12.3. The van der Waals surface area contributed by atoms with Gasteiger partial charge < -0.3 is 19.7 Å². The van der Waals surface area contributed by atoms with Gasteiger partial charge in [0, 0.05) is 38.0 Å². The minimum Gasteiger partial charge on any atom is -0.484 e. The number of hydrogen-bond acceptors (Lipinski definition) is 5. The van der Waals surface area contributed by atoms with Crippen LogP contribution in [0.15, 0.2) is 24.3 Å². The summed E-state index contributed by atoms with van der Waals surface area (Å²) in [5, 5.41) is 2.88. The zero-order chi connectivity index (χ0) is 19.9. The summed E-state index contributed by atoms with van der Waals surface area (Å²) in [5.74, 6) is 0.752. The molecule has 28 heavy (non-hydrogen) atoms. The molecule has 2 amide bonds. The van der Waals surface area contributed by atoms with E-state index in [9.17, 15) is 9.59 Å². The number of nitrogens with zero attached hydrogens (tertiary/aromatic N) is 2. The molecule has 1 aromatic carbocycles. The highest BCUT2D eigenvalue weighted by atomic mass is 16.5. The van der Waals surface area contributed by atoms with Crippen LogP contribution in [0, 0.1) is 0 Å². The van der Waals surface area contributed by atoms with Crippen molar-refractivity contribution in [3.8, 4) is 5.75 Å². The van der Waals surface area contributed by atoms with E-state index in [0.717, 1.165) is 31.6 Å². The average Bonchev–Trinajstić information content (AvgIpc) is 3.25. The Bertz CT molecular complexity index is 758. The van der Waals surface area contributed by atoms with E-state index in [1.807, 2.05) is 49.9 Å². The first-order valence-corrected chi connectivity index (χ1v) is 9.98. The van der Waals surface area contributed by atoms with Gasteiger partial charge in [-0.05, 0) is 38.5 Å². The van der Waals surface area contributed by atoms with Gasteiger partial charge in [-0.1, -0.05) is 12.1 Å². The van der Waals surface area contributed by atoms with E-state index in [4.69, 9.17) is 9.47 Å². The smallest absolute Gasteiger partial charge is 0.258 e. The second kappa shape index (κ2) is 7.04. The van der Waals surface area contributed by atoms with Gasteiger partial charge in [0.15, 0.2) is 12.3 Å². The number of carbonyl (C=O) groups is 2. The number of amides is 2. The highest BCUT2D eigenvalue weighted by Crippen LogP contribution is 2.45. The van der Waals surface area contributed by atoms with E-state index in [1.165, 1.54) is 0 Å². The number of ether oxygens (including phenoxy) is 2. The number of nitrogens with one attached hydrogen (secondary N) is 1. The molecule has 7 heteroatoms. The fourth-order valence-electron chi connectivity index (χ4n) is 4.59. The van der Waals surface area contributed by atoms with E-state index in [2.05, 4.69) is 10.2 Å². The van der Waals surface area contributed by atoms with Crippen molar-refractivity contribution < 1.29 is 19.1 Å². The molecule has 2 atom stereocenters. The Morgan fingerprint density at radius 2 is 2.04 bits per heavy atom. The van der Waals surface area contributed by atoms with Gasteiger partial charge in [0.1, 0.15) is 5.75 Å². The minimum absolute atomic E-state index is 0.00260. The third-order valence-electron chi connectivity index (χ3n) is 5.70. The summed E-state index contributed by atoms with van der Waals surface area (Å²) in [4.78, 5) is 28.5. The van der Waals surface area contributed by atoms with Crippen molar-refractivity contribution >= 4 is 11.8 Å². The van der Waals surface area contributed by atoms with Gasteiger partial charge >= 0.3 is 0 Å². The van der Waals surface area contributed by atoms with Gasteiger partial charge in [-0.15, -0.1) is 0 Å². The monoisotopic (exact) mass is 387 g/mol. The lowest BCUT2D eigenvalue weighted by atomic mass is 10.1. The number of rotatable bonds is 5. The van der Waals surface area contributed by atoms with Crippen molar-refractivity contribution in [1.82, 2.24) is 15.1 Å². The first-order valence-electron chi connectivity index (χ1n) is 9.98. The van der Waals surface area contributed by atoms with Crippen LogP contribution in [-0.4, -0.2) is 65.2 Å². The number of carbonyl (C=O) groups excluding carboxylic acids is 2. The molecule has 0 saturated carbocycles. The largest absolute Gasteiger partial charge is 0.484 e. The maximum Gasteiger partial charge on any atom is 0.258 e. The Kier molecular flexibility index (Phi) is 4.83. The van der Waals surface area contributed by atoms with E-state index in [0.29, 0.717) is 18.8 Å². The second-order valence-electron chi connectivity index (χ2n) is 8.91. The summed E-state index contributed by atoms with van der Waals surface area (Å²) in [7, 11) is 0. The van der Waals surface area contributed by atoms with Gasteiger partial charge in [-0.25, -0.2) is 0 Å². The summed E-state index contributed by atoms with van der Waals surface area (Å²) >= 11 is 0. The topological polar surface area (TPSA) is 71.1 Å². The summed E-state index contributed by atoms with van der Waals surface area (Å²) < 4.78 is 11.6. The minimum atomic E-state index is -0.388. The molecule has 3 aliphatic heterocycles. The van der Waals surface area contributed by atoms with Gasteiger partial charge in [0.05, 0.1) is 12.6 Å². The standard InChI is InChI=1S/C21H29N3O4/c1-20(2,3)22-18(25)14-27-16-6-4-15(5-7-16)13-23-9-8-21-17(23)12-19(26)24(21)10-11-28-21/h4-7,17H,8-14H2,1-3H3,(H,22,25)/t17-,21+/m1/s1. The van der Waals surface area contributed by atoms with Crippen molar-refractivity contribution in [3.63, 3.8) is 0 Å². The molecule has 3 aliphatic rings. The molecule has 0 aliphatic carbocycles. The van der Waals surface area contributed by atoms with Crippen LogP contribution in [0.2, 0.25) is 0 Å². The Hall–Kier alpha value is -2.12. The number of likely N-dealkylation sites (tertiary alicyclic amines) is 1. The summed E-state index contributed by atoms with van der Waals surface area (Å²) in [6.45, 7) is 8.90. The molecule has 1 spiro atoms. The normalized spacial score (nSPS) is 27.0. The third-order valence-corrected chi connectivity index (χ3v) is 5.70. The molecule has 152 valence electrons. The molecule has 0 radical (unpaired) electrons. The number of benzene rings is 1. The SMILES string of the molecule is CC(C)(C)NC(=O)COc1ccc(CN2CC[C@@]34OCCN3C(=O)C[C@@H]24)cc1. The van der Waals surface area contributed by atoms with Gasteiger partial charge in [-0.2, -0.15) is 0 Å². The Morgan fingerprint density at radius 1 is 1.29 bits per heavy atom. The van der Waals surface area contributed by atoms with Gasteiger partial charge in [0.2, 0.25) is 5.91 Å². The molecule has 3 fully saturated rings. The fourth-order valence-corrected chi connectivity index (χ4v) is 4.59. The van der Waals surface area contributed by atoms with Crippen LogP contribution in [-0.2, 0) is 20.9 Å². The van der Waals surface area contributed by atoms with Crippen LogP contribution in [0.5, 0.6) is 5.75 Å². The lowest BCUT2D eigenvalue weighted by Crippen LogP contribution is -2.47. The number of hydrogen-bond donors (Lipinski definition) is 1. The van der Waals surface area contributed by atoms with E-state index < -0.39 is 0 Å². The Morgan fingerprint density at radius 3 is 2.75 bits per heavy atom. The van der Waals surface area contributed by atoms with Crippen LogP contribution >= 0.6 is 0 Å². The predicted molar refractivity (Wildman–Crippen MR) is 104 cm³/mol. The van der Waals surface area contributed by atoms with Gasteiger partial charge in [0.25, 0.3) is 5.91 Å². The summed E-state index contributed by atoms with van der Waals surface area (Å²) in [5.41, 5.74) is 0.505. The molecule has 0 unspecified atom stereocenters. The van der Waals surface area contributed by atoms with Crippen molar-refractivity contribution in [2.75, 3.05) is 26.3 Å². The third kappa shape index (κ3) is 3.61. The molecule has 1 N–H and O–H groups in total. The highest BCUT2D eigenvalue weighted by Gasteiger charge is 2.61. The molecule has 3 saturated heterocycles. The lowest BCUT2D eigenvalue weighted by molar-refractivity contribution is -0.136. The molecular formula is C21H29N3O4. The van der Waals surface area contributed by atoms with Crippen LogP contribution in [0.1, 0.15) is 39.2 Å². The van der Waals surface area contributed by atoms with Crippen LogP contribution in [0.4, 0.5) is 0 Å². The van der Waals surface area contributed by atoms with Crippen molar-refractivity contribution in [2.45, 2.75) is 57.5 Å². The van der Waals surface area contributed by atoms with E-state index >= 15 is 0 Å². The molecule has 3 heterocycles.